The second kappa shape index (κ2) is 7.82. The molecule has 4 nitrogen and oxygen atoms in total. The molecule has 4 aliphatic rings. The molecule has 0 saturated heterocycles. The Balaban J connectivity index is 1.53. The Morgan fingerprint density at radius 2 is 1.72 bits per heavy atom. The summed E-state index contributed by atoms with van der Waals surface area (Å²) in [6.07, 6.45) is 9.80. The SMILES string of the molecule is COC(=O)CC[C@H](C)[C@@H]1CC[C@@H]2[C@H]3[C@H](O)C[C@@H]4C[C@H](O)CC[C@]4(C)[C@H]3CC[C@@]21C. The molecule has 0 amide bonds. The van der Waals surface area contributed by atoms with Crippen LogP contribution in [0.25, 0.3) is 0 Å². The summed E-state index contributed by atoms with van der Waals surface area (Å²) in [5.41, 5.74) is 0.577. The number of hydrogen-bond acceptors (Lipinski definition) is 4. The summed E-state index contributed by atoms with van der Waals surface area (Å²) >= 11 is 0. The van der Waals surface area contributed by atoms with E-state index in [0.29, 0.717) is 47.3 Å². The Morgan fingerprint density at radius 3 is 2.45 bits per heavy atom. The van der Waals surface area contributed by atoms with Crippen molar-refractivity contribution >= 4 is 5.97 Å². The lowest BCUT2D eigenvalue weighted by Gasteiger charge is -2.62. The monoisotopic (exact) mass is 406 g/mol. The maximum Gasteiger partial charge on any atom is 0.305 e. The van der Waals surface area contributed by atoms with E-state index in [1.54, 1.807) is 0 Å². The lowest BCUT2D eigenvalue weighted by molar-refractivity contribution is -0.174. The summed E-state index contributed by atoms with van der Waals surface area (Å²) in [4.78, 5) is 11.6. The zero-order valence-electron chi connectivity index (χ0n) is 18.9. The van der Waals surface area contributed by atoms with Crippen molar-refractivity contribution in [3.63, 3.8) is 0 Å². The van der Waals surface area contributed by atoms with Crippen LogP contribution in [0, 0.1) is 46.3 Å². The molecule has 4 saturated carbocycles. The Hall–Kier alpha value is -0.610. The molecule has 166 valence electrons. The quantitative estimate of drug-likeness (QED) is 0.671. The number of hydrogen-bond donors (Lipinski definition) is 2. The van der Waals surface area contributed by atoms with Gasteiger partial charge < -0.3 is 14.9 Å². The van der Waals surface area contributed by atoms with Gasteiger partial charge in [-0.05, 0) is 104 Å². The molecule has 10 atom stereocenters. The number of methoxy groups -OCH3 is 1. The molecule has 0 spiro atoms. The second-order valence-electron chi connectivity index (χ2n) is 11.5. The van der Waals surface area contributed by atoms with Crippen molar-refractivity contribution in [2.24, 2.45) is 46.3 Å². The Kier molecular flexibility index (Phi) is 5.83. The maximum atomic E-state index is 11.6. The Labute approximate surface area is 176 Å². The molecular weight excluding hydrogens is 364 g/mol. The number of rotatable bonds is 4. The molecule has 29 heavy (non-hydrogen) atoms. The zero-order valence-corrected chi connectivity index (χ0v) is 18.9. The van der Waals surface area contributed by atoms with Crippen LogP contribution in [0.15, 0.2) is 0 Å². The van der Waals surface area contributed by atoms with Gasteiger partial charge in [-0.3, -0.25) is 4.79 Å². The molecule has 0 aliphatic heterocycles. The predicted molar refractivity (Wildman–Crippen MR) is 113 cm³/mol. The van der Waals surface area contributed by atoms with E-state index in [1.807, 2.05) is 0 Å². The Morgan fingerprint density at radius 1 is 1.03 bits per heavy atom. The van der Waals surface area contributed by atoms with Crippen molar-refractivity contribution in [3.05, 3.63) is 0 Å². The Bertz CT molecular complexity index is 620. The van der Waals surface area contributed by atoms with Gasteiger partial charge >= 0.3 is 5.97 Å². The second-order valence-corrected chi connectivity index (χ2v) is 11.5. The average molecular weight is 407 g/mol. The van der Waals surface area contributed by atoms with Crippen LogP contribution in [0.5, 0.6) is 0 Å². The van der Waals surface area contributed by atoms with Gasteiger partial charge in [0.25, 0.3) is 0 Å². The predicted octanol–water partition coefficient (Wildman–Crippen LogP) is 4.57. The van der Waals surface area contributed by atoms with Crippen LogP contribution in [-0.2, 0) is 9.53 Å². The number of aliphatic hydroxyl groups is 2. The van der Waals surface area contributed by atoms with E-state index in [-0.39, 0.29) is 23.6 Å². The smallest absolute Gasteiger partial charge is 0.305 e. The first-order valence-corrected chi connectivity index (χ1v) is 12.1. The molecule has 4 heteroatoms. The van der Waals surface area contributed by atoms with Gasteiger partial charge in [0.05, 0.1) is 19.3 Å². The van der Waals surface area contributed by atoms with Crippen molar-refractivity contribution in [2.75, 3.05) is 7.11 Å². The van der Waals surface area contributed by atoms with Crippen LogP contribution in [-0.4, -0.2) is 35.5 Å². The molecular formula is C25H42O4. The maximum absolute atomic E-state index is 11.6. The topological polar surface area (TPSA) is 66.8 Å². The van der Waals surface area contributed by atoms with Crippen LogP contribution in [0.2, 0.25) is 0 Å². The van der Waals surface area contributed by atoms with Crippen molar-refractivity contribution in [1.29, 1.82) is 0 Å². The van der Waals surface area contributed by atoms with E-state index in [4.69, 9.17) is 4.74 Å². The van der Waals surface area contributed by atoms with E-state index >= 15 is 0 Å². The third-order valence-electron chi connectivity index (χ3n) is 10.4. The van der Waals surface area contributed by atoms with E-state index in [9.17, 15) is 15.0 Å². The van der Waals surface area contributed by atoms with Gasteiger partial charge in [-0.15, -0.1) is 0 Å². The standard InChI is InChI=1S/C25H42O4/c1-15(5-8-22(28)29-4)18-6-7-19-23-20(10-12-25(18,19)3)24(2)11-9-17(26)13-16(24)14-21(23)27/h15-21,23,26-27H,5-14H2,1-4H3/t15-,16-,17+,18-,19+,20-,21+,23+,24-,25+/m0/s1. The first-order valence-electron chi connectivity index (χ1n) is 12.1. The minimum Gasteiger partial charge on any atom is -0.469 e. The number of esters is 1. The number of ether oxygens (including phenoxy) is 1. The first-order chi connectivity index (χ1) is 13.7. The van der Waals surface area contributed by atoms with Crippen LogP contribution in [0.4, 0.5) is 0 Å². The highest BCUT2D eigenvalue weighted by atomic mass is 16.5. The fourth-order valence-electron chi connectivity index (χ4n) is 8.82. The van der Waals surface area contributed by atoms with Gasteiger partial charge in [-0.2, -0.15) is 0 Å². The van der Waals surface area contributed by atoms with Crippen molar-refractivity contribution in [1.82, 2.24) is 0 Å². The van der Waals surface area contributed by atoms with Crippen molar-refractivity contribution in [2.45, 2.75) is 97.2 Å². The molecule has 0 unspecified atom stereocenters. The van der Waals surface area contributed by atoms with Crippen molar-refractivity contribution in [3.8, 4) is 0 Å². The average Bonchev–Trinajstić information content (AvgIpc) is 3.04. The van der Waals surface area contributed by atoms with E-state index < -0.39 is 0 Å². The highest BCUT2D eigenvalue weighted by Gasteiger charge is 2.62. The lowest BCUT2D eigenvalue weighted by Crippen LogP contribution is -2.58. The summed E-state index contributed by atoms with van der Waals surface area (Å²) < 4.78 is 4.86. The number of aliphatic hydroxyl groups excluding tert-OH is 2. The van der Waals surface area contributed by atoms with Gasteiger partial charge in [-0.1, -0.05) is 20.8 Å². The highest BCUT2D eigenvalue weighted by Crippen LogP contribution is 2.68. The molecule has 0 radical (unpaired) electrons. The molecule has 0 aromatic carbocycles. The van der Waals surface area contributed by atoms with E-state index in [0.717, 1.165) is 32.1 Å². The molecule has 0 heterocycles. The van der Waals surface area contributed by atoms with Crippen molar-refractivity contribution < 1.29 is 19.7 Å². The summed E-state index contributed by atoms with van der Waals surface area (Å²) in [5.74, 6) is 3.17. The number of carbonyl (C=O) groups is 1. The van der Waals surface area contributed by atoms with E-state index in [1.165, 1.54) is 32.8 Å². The summed E-state index contributed by atoms with van der Waals surface area (Å²) in [7, 11) is 1.48. The van der Waals surface area contributed by atoms with Crippen LogP contribution < -0.4 is 0 Å². The highest BCUT2D eigenvalue weighted by molar-refractivity contribution is 5.69. The largest absolute Gasteiger partial charge is 0.469 e. The van der Waals surface area contributed by atoms with Gasteiger partial charge in [0.15, 0.2) is 0 Å². The fraction of sp³-hybridized carbons (Fsp3) is 0.960. The normalized spacial score (nSPS) is 50.2. The van der Waals surface area contributed by atoms with Crippen LogP contribution >= 0.6 is 0 Å². The van der Waals surface area contributed by atoms with Gasteiger partial charge in [0, 0.05) is 6.42 Å². The molecule has 0 bridgehead atoms. The minimum atomic E-state index is -0.211. The molecule has 0 aromatic rings. The summed E-state index contributed by atoms with van der Waals surface area (Å²) in [6, 6.07) is 0. The zero-order chi connectivity index (χ0) is 21.0. The fourth-order valence-corrected chi connectivity index (χ4v) is 8.82. The number of carbonyl (C=O) groups excluding carboxylic acids is 1. The summed E-state index contributed by atoms with van der Waals surface area (Å²) in [6.45, 7) is 7.29. The van der Waals surface area contributed by atoms with E-state index in [2.05, 4.69) is 20.8 Å². The third kappa shape index (κ3) is 3.46. The first kappa shape index (κ1) is 21.6. The molecule has 4 fully saturated rings. The van der Waals surface area contributed by atoms with Crippen LogP contribution in [0.1, 0.15) is 85.0 Å². The molecule has 4 rings (SSSR count). The van der Waals surface area contributed by atoms with Gasteiger partial charge in [0.2, 0.25) is 0 Å². The van der Waals surface area contributed by atoms with Gasteiger partial charge in [-0.25, -0.2) is 0 Å². The van der Waals surface area contributed by atoms with Crippen LogP contribution in [0.3, 0.4) is 0 Å². The molecule has 2 N–H and O–H groups in total. The third-order valence-corrected chi connectivity index (χ3v) is 10.4. The lowest BCUT2D eigenvalue weighted by atomic mass is 9.43. The number of fused-ring (bicyclic) bond motifs is 5. The summed E-state index contributed by atoms with van der Waals surface area (Å²) in [5, 5.41) is 21.5. The molecule has 0 aromatic heterocycles. The minimum absolute atomic E-state index is 0.0959. The molecule has 4 aliphatic carbocycles. The van der Waals surface area contributed by atoms with Gasteiger partial charge in [0.1, 0.15) is 0 Å².